The molecular formula is C10H15NO. The minimum atomic E-state index is 0.0178. The van der Waals surface area contributed by atoms with Crippen molar-refractivity contribution in [3.8, 4) is 0 Å². The van der Waals surface area contributed by atoms with Gasteiger partial charge >= 0.3 is 0 Å². The number of carbonyl (C=O) groups excluding carboxylic acids is 1. The van der Waals surface area contributed by atoms with Gasteiger partial charge in [-0.25, -0.2) is 0 Å². The lowest BCUT2D eigenvalue weighted by Crippen LogP contribution is -2.32. The van der Waals surface area contributed by atoms with E-state index in [2.05, 4.69) is 20.1 Å². The maximum Gasteiger partial charge on any atom is 0.246 e. The van der Waals surface area contributed by atoms with E-state index in [0.717, 1.165) is 13.0 Å². The summed E-state index contributed by atoms with van der Waals surface area (Å²) in [6, 6.07) is 0.213. The summed E-state index contributed by atoms with van der Waals surface area (Å²) < 4.78 is 0. The summed E-state index contributed by atoms with van der Waals surface area (Å²) in [4.78, 5) is 13.1. The first-order valence-electron chi connectivity index (χ1n) is 4.24. The van der Waals surface area contributed by atoms with Crippen molar-refractivity contribution >= 4 is 5.91 Å². The topological polar surface area (TPSA) is 20.3 Å². The number of hydrogen-bond donors (Lipinski definition) is 0. The largest absolute Gasteiger partial charge is 0.332 e. The van der Waals surface area contributed by atoms with Crippen molar-refractivity contribution in [2.24, 2.45) is 5.92 Å². The van der Waals surface area contributed by atoms with Crippen molar-refractivity contribution in [1.29, 1.82) is 0 Å². The van der Waals surface area contributed by atoms with Gasteiger partial charge in [-0.2, -0.15) is 0 Å². The lowest BCUT2D eigenvalue weighted by atomic mass is 10.1. The Morgan fingerprint density at radius 2 is 2.25 bits per heavy atom. The van der Waals surface area contributed by atoms with E-state index < -0.39 is 0 Å². The van der Waals surface area contributed by atoms with Crippen molar-refractivity contribution in [3.05, 3.63) is 25.3 Å². The highest BCUT2D eigenvalue weighted by Gasteiger charge is 2.29. The quantitative estimate of drug-likeness (QED) is 0.449. The Morgan fingerprint density at radius 1 is 1.58 bits per heavy atom. The highest BCUT2D eigenvalue weighted by atomic mass is 16.2. The number of carbonyl (C=O) groups is 1. The summed E-state index contributed by atoms with van der Waals surface area (Å²) >= 11 is 0. The van der Waals surface area contributed by atoms with Crippen LogP contribution < -0.4 is 0 Å². The van der Waals surface area contributed by atoms with E-state index >= 15 is 0 Å². The predicted octanol–water partition coefficient (Wildman–Crippen LogP) is 1.60. The van der Waals surface area contributed by atoms with E-state index in [0.29, 0.717) is 5.92 Å². The van der Waals surface area contributed by atoms with Crippen LogP contribution in [0.3, 0.4) is 0 Å². The Morgan fingerprint density at radius 3 is 2.75 bits per heavy atom. The molecule has 66 valence electrons. The number of hydrogen-bond acceptors (Lipinski definition) is 1. The van der Waals surface area contributed by atoms with E-state index in [9.17, 15) is 4.79 Å². The summed E-state index contributed by atoms with van der Waals surface area (Å²) in [5.74, 6) is 0.598. The maximum absolute atomic E-state index is 11.3. The van der Waals surface area contributed by atoms with Crippen LogP contribution in [-0.2, 0) is 4.79 Å². The van der Waals surface area contributed by atoms with Crippen LogP contribution in [0, 0.1) is 5.92 Å². The van der Waals surface area contributed by atoms with Crippen LogP contribution in [0.15, 0.2) is 25.3 Å². The third-order valence-corrected chi connectivity index (χ3v) is 2.28. The van der Waals surface area contributed by atoms with Crippen LogP contribution in [0.2, 0.25) is 0 Å². The van der Waals surface area contributed by atoms with Crippen molar-refractivity contribution in [3.63, 3.8) is 0 Å². The maximum atomic E-state index is 11.3. The van der Waals surface area contributed by atoms with Crippen LogP contribution in [0.25, 0.3) is 0 Å². The van der Waals surface area contributed by atoms with Crippen LogP contribution in [0.1, 0.15) is 13.3 Å². The molecular weight excluding hydrogens is 150 g/mol. The van der Waals surface area contributed by atoms with Crippen molar-refractivity contribution in [1.82, 2.24) is 4.90 Å². The molecule has 2 nitrogen and oxygen atoms in total. The van der Waals surface area contributed by atoms with E-state index in [1.165, 1.54) is 6.08 Å². The molecule has 0 aromatic carbocycles. The first-order chi connectivity index (χ1) is 5.69. The number of amides is 1. The molecule has 12 heavy (non-hydrogen) atoms. The third kappa shape index (κ3) is 1.58. The molecule has 0 radical (unpaired) electrons. The molecule has 1 rings (SSSR count). The van der Waals surface area contributed by atoms with Gasteiger partial charge in [0.2, 0.25) is 5.91 Å². The molecule has 1 aliphatic heterocycles. The average molecular weight is 165 g/mol. The van der Waals surface area contributed by atoms with Crippen LogP contribution in [0.5, 0.6) is 0 Å². The van der Waals surface area contributed by atoms with E-state index in [-0.39, 0.29) is 11.9 Å². The summed E-state index contributed by atoms with van der Waals surface area (Å²) in [5.41, 5.74) is 0. The predicted molar refractivity (Wildman–Crippen MR) is 49.7 cm³/mol. The summed E-state index contributed by atoms with van der Waals surface area (Å²) in [6.45, 7) is 10.2. The summed E-state index contributed by atoms with van der Waals surface area (Å²) in [6.07, 6.45) is 4.24. The van der Waals surface area contributed by atoms with Gasteiger partial charge in [-0.05, 0) is 18.4 Å². The van der Waals surface area contributed by atoms with Crippen molar-refractivity contribution in [2.75, 3.05) is 6.54 Å². The fourth-order valence-corrected chi connectivity index (χ4v) is 1.68. The van der Waals surface area contributed by atoms with Gasteiger partial charge in [0.1, 0.15) is 0 Å². The first kappa shape index (κ1) is 9.04. The highest BCUT2D eigenvalue weighted by molar-refractivity contribution is 5.87. The van der Waals surface area contributed by atoms with Gasteiger partial charge in [-0.1, -0.05) is 19.6 Å². The number of rotatable bonds is 2. The monoisotopic (exact) mass is 165 g/mol. The summed E-state index contributed by atoms with van der Waals surface area (Å²) in [7, 11) is 0. The van der Waals surface area contributed by atoms with Crippen molar-refractivity contribution < 1.29 is 4.79 Å². The molecule has 1 aliphatic rings. The Bertz CT molecular complexity index is 210. The molecule has 0 N–H and O–H groups in total. The van der Waals surface area contributed by atoms with Crippen LogP contribution in [-0.4, -0.2) is 23.4 Å². The smallest absolute Gasteiger partial charge is 0.246 e. The zero-order valence-electron chi connectivity index (χ0n) is 7.49. The Balaban J connectivity index is 2.69. The molecule has 2 heteroatoms. The van der Waals surface area contributed by atoms with E-state index in [1.54, 1.807) is 0 Å². The zero-order valence-corrected chi connectivity index (χ0v) is 7.49. The van der Waals surface area contributed by atoms with Crippen molar-refractivity contribution in [2.45, 2.75) is 19.4 Å². The highest BCUT2D eigenvalue weighted by Crippen LogP contribution is 2.23. The minimum Gasteiger partial charge on any atom is -0.332 e. The van der Waals surface area contributed by atoms with Gasteiger partial charge in [-0.3, -0.25) is 4.79 Å². The zero-order chi connectivity index (χ0) is 9.14. The van der Waals surface area contributed by atoms with Gasteiger partial charge in [0.05, 0.1) is 6.04 Å². The summed E-state index contributed by atoms with van der Waals surface area (Å²) in [5, 5.41) is 0. The normalized spacial score (nSPS) is 28.6. The SMILES string of the molecule is C=CC(=O)N1C[C@@H](C)C[C@@H]1C=C. The first-order valence-corrected chi connectivity index (χ1v) is 4.24. The molecule has 1 fully saturated rings. The Labute approximate surface area is 73.6 Å². The van der Waals surface area contributed by atoms with E-state index in [1.807, 2.05) is 11.0 Å². The molecule has 0 saturated carbocycles. The Kier molecular flexibility index (Phi) is 2.69. The molecule has 1 amide bonds. The molecule has 0 spiro atoms. The fourth-order valence-electron chi connectivity index (χ4n) is 1.68. The minimum absolute atomic E-state index is 0.0178. The lowest BCUT2D eigenvalue weighted by Gasteiger charge is -2.19. The second-order valence-electron chi connectivity index (χ2n) is 3.34. The van der Waals surface area contributed by atoms with Gasteiger partial charge in [-0.15, -0.1) is 6.58 Å². The third-order valence-electron chi connectivity index (χ3n) is 2.28. The van der Waals surface area contributed by atoms with Gasteiger partial charge in [0, 0.05) is 6.54 Å². The second kappa shape index (κ2) is 3.57. The van der Waals surface area contributed by atoms with Crippen LogP contribution in [0.4, 0.5) is 0 Å². The molecule has 0 bridgehead atoms. The van der Waals surface area contributed by atoms with E-state index in [4.69, 9.17) is 0 Å². The fraction of sp³-hybridized carbons (Fsp3) is 0.500. The molecule has 0 aliphatic carbocycles. The molecule has 1 saturated heterocycles. The Hall–Kier alpha value is -1.05. The molecule has 0 aromatic rings. The van der Waals surface area contributed by atoms with Gasteiger partial charge in [0.15, 0.2) is 0 Å². The standard InChI is InChI=1S/C10H15NO/c1-4-9-6-8(3)7-11(9)10(12)5-2/h4-5,8-9H,1-2,6-7H2,3H3/t8-,9-/m0/s1. The average Bonchev–Trinajstić information content (AvgIpc) is 2.45. The molecule has 0 aromatic heterocycles. The molecule has 1 heterocycles. The molecule has 0 unspecified atom stereocenters. The number of likely N-dealkylation sites (tertiary alicyclic amines) is 1. The molecule has 2 atom stereocenters. The lowest BCUT2D eigenvalue weighted by molar-refractivity contribution is -0.126. The number of nitrogens with zero attached hydrogens (tertiary/aromatic N) is 1. The second-order valence-corrected chi connectivity index (χ2v) is 3.34. The van der Waals surface area contributed by atoms with Crippen LogP contribution >= 0.6 is 0 Å². The van der Waals surface area contributed by atoms with Gasteiger partial charge < -0.3 is 4.90 Å². The van der Waals surface area contributed by atoms with Gasteiger partial charge in [0.25, 0.3) is 0 Å².